The van der Waals surface area contributed by atoms with E-state index in [4.69, 9.17) is 16.3 Å². The molecule has 0 aliphatic carbocycles. The highest BCUT2D eigenvalue weighted by Gasteiger charge is 2.13. The van der Waals surface area contributed by atoms with Crippen LogP contribution in [0.25, 0.3) is 22.2 Å². The number of aryl methyl sites for hydroxylation is 1. The summed E-state index contributed by atoms with van der Waals surface area (Å²) < 4.78 is 6.61. The molecule has 0 fully saturated rings. The molecule has 2 heterocycles. The third-order valence-electron chi connectivity index (χ3n) is 4.24. The Hall–Kier alpha value is -2.15. The van der Waals surface area contributed by atoms with Gasteiger partial charge in [0.15, 0.2) is 0 Å². The van der Waals surface area contributed by atoms with E-state index in [0.717, 1.165) is 11.8 Å². The number of hydrogen-bond donors (Lipinski definition) is 1. The maximum absolute atomic E-state index is 12.8. The van der Waals surface area contributed by atoms with Crippen LogP contribution in [-0.2, 0) is 11.8 Å². The van der Waals surface area contributed by atoms with Gasteiger partial charge in [-0.3, -0.25) is 9.36 Å². The molecule has 0 amide bonds. The van der Waals surface area contributed by atoms with Crippen molar-refractivity contribution in [2.75, 3.05) is 19.0 Å². The Labute approximate surface area is 169 Å². The van der Waals surface area contributed by atoms with E-state index in [1.807, 2.05) is 25.1 Å². The summed E-state index contributed by atoms with van der Waals surface area (Å²) in [7, 11) is 3.38. The third kappa shape index (κ3) is 4.58. The number of fused-ring (bicyclic) bond motifs is 1. The molecule has 0 aliphatic heterocycles. The molecular formula is C19H22Cl2N4O2. The summed E-state index contributed by atoms with van der Waals surface area (Å²) in [5, 5.41) is 4.54. The van der Waals surface area contributed by atoms with Crippen molar-refractivity contribution in [3.05, 3.63) is 51.9 Å². The van der Waals surface area contributed by atoms with E-state index in [9.17, 15) is 4.79 Å². The van der Waals surface area contributed by atoms with Gasteiger partial charge in [-0.1, -0.05) is 29.8 Å². The highest BCUT2D eigenvalue weighted by molar-refractivity contribution is 6.33. The van der Waals surface area contributed by atoms with Gasteiger partial charge in [0, 0.05) is 54.5 Å². The second kappa shape index (κ2) is 9.17. The number of rotatable bonds is 6. The molecule has 0 spiro atoms. The summed E-state index contributed by atoms with van der Waals surface area (Å²) in [5.74, 6) is 0.488. The van der Waals surface area contributed by atoms with Crippen molar-refractivity contribution in [3.8, 4) is 11.1 Å². The molecular weight excluding hydrogens is 387 g/mol. The van der Waals surface area contributed by atoms with Gasteiger partial charge >= 0.3 is 0 Å². The number of aromatic nitrogens is 3. The van der Waals surface area contributed by atoms with Gasteiger partial charge in [0.05, 0.1) is 0 Å². The number of hydrogen-bond acceptors (Lipinski definition) is 5. The fourth-order valence-electron chi connectivity index (χ4n) is 2.78. The number of nitrogens with zero attached hydrogens (tertiary/aromatic N) is 3. The Balaban J connectivity index is 0.00000261. The summed E-state index contributed by atoms with van der Waals surface area (Å²) >= 11 is 6.26. The van der Waals surface area contributed by atoms with Gasteiger partial charge in [-0.15, -0.1) is 12.4 Å². The minimum atomic E-state index is -0.150. The van der Waals surface area contributed by atoms with Crippen molar-refractivity contribution in [2.45, 2.75) is 19.4 Å². The normalized spacial score (nSPS) is 11.9. The monoisotopic (exact) mass is 408 g/mol. The van der Waals surface area contributed by atoms with E-state index in [-0.39, 0.29) is 24.0 Å². The van der Waals surface area contributed by atoms with Gasteiger partial charge in [0.25, 0.3) is 5.56 Å². The summed E-state index contributed by atoms with van der Waals surface area (Å²) in [6.07, 6.45) is 2.55. The smallest absolute Gasteiger partial charge is 0.259 e. The van der Waals surface area contributed by atoms with Crippen molar-refractivity contribution in [1.82, 2.24) is 14.5 Å². The first-order valence-electron chi connectivity index (χ1n) is 8.38. The maximum atomic E-state index is 12.8. The molecule has 0 bridgehead atoms. The minimum absolute atomic E-state index is 0. The summed E-state index contributed by atoms with van der Waals surface area (Å²) in [4.78, 5) is 21.7. The molecule has 0 aliphatic rings. The van der Waals surface area contributed by atoms with Gasteiger partial charge < -0.3 is 10.1 Å². The Bertz CT molecular complexity index is 991. The lowest BCUT2D eigenvalue weighted by molar-refractivity contribution is 0.191. The van der Waals surface area contributed by atoms with Crippen LogP contribution < -0.4 is 10.9 Å². The third-order valence-corrected chi connectivity index (χ3v) is 4.57. The lowest BCUT2D eigenvalue weighted by atomic mass is 10.1. The molecule has 1 aromatic carbocycles. The molecule has 0 radical (unpaired) electrons. The fourth-order valence-corrected chi connectivity index (χ4v) is 3.01. The lowest BCUT2D eigenvalue weighted by Crippen LogP contribution is -2.22. The zero-order chi connectivity index (χ0) is 18.7. The highest BCUT2D eigenvalue weighted by Crippen LogP contribution is 2.27. The van der Waals surface area contributed by atoms with Crippen LogP contribution in [0.5, 0.6) is 0 Å². The Morgan fingerprint density at radius 1 is 1.30 bits per heavy atom. The molecule has 1 atom stereocenters. The largest absolute Gasteiger partial charge is 0.385 e. The van der Waals surface area contributed by atoms with E-state index in [1.54, 1.807) is 32.5 Å². The fraction of sp³-hybridized carbons (Fsp3) is 0.316. The second-order valence-electron chi connectivity index (χ2n) is 6.20. The van der Waals surface area contributed by atoms with Crippen molar-refractivity contribution >= 4 is 41.0 Å². The highest BCUT2D eigenvalue weighted by atomic mass is 35.5. The van der Waals surface area contributed by atoms with E-state index < -0.39 is 0 Å². The van der Waals surface area contributed by atoms with Gasteiger partial charge in [-0.25, -0.2) is 4.98 Å². The number of methoxy groups -OCH3 is 1. The van der Waals surface area contributed by atoms with Crippen LogP contribution in [0, 0.1) is 0 Å². The van der Waals surface area contributed by atoms with Gasteiger partial charge in [0.2, 0.25) is 5.95 Å². The van der Waals surface area contributed by atoms with Crippen LogP contribution in [0.4, 0.5) is 5.95 Å². The molecule has 144 valence electrons. The zero-order valence-corrected chi connectivity index (χ0v) is 17.0. The summed E-state index contributed by atoms with van der Waals surface area (Å²) in [6, 6.07) is 9.24. The summed E-state index contributed by atoms with van der Waals surface area (Å²) in [5.41, 5.74) is 1.65. The first-order chi connectivity index (χ1) is 12.5. The average Bonchev–Trinajstić information content (AvgIpc) is 2.64. The Morgan fingerprint density at radius 2 is 2.04 bits per heavy atom. The second-order valence-corrected chi connectivity index (χ2v) is 6.61. The van der Waals surface area contributed by atoms with E-state index in [0.29, 0.717) is 34.4 Å². The van der Waals surface area contributed by atoms with Crippen molar-refractivity contribution < 1.29 is 4.74 Å². The number of anilines is 1. The van der Waals surface area contributed by atoms with Gasteiger partial charge in [-0.2, -0.15) is 4.98 Å². The number of halogens is 2. The molecule has 3 aromatic rings. The molecule has 2 aromatic heterocycles. The Kier molecular flexibility index (Phi) is 7.18. The molecule has 3 rings (SSSR count). The molecule has 0 saturated heterocycles. The topological polar surface area (TPSA) is 69.0 Å². The predicted molar refractivity (Wildman–Crippen MR) is 112 cm³/mol. The summed E-state index contributed by atoms with van der Waals surface area (Å²) in [6.45, 7) is 2.69. The van der Waals surface area contributed by atoms with Crippen LogP contribution >= 0.6 is 24.0 Å². The number of ether oxygens (including phenoxy) is 1. The number of pyridine rings is 1. The lowest BCUT2D eigenvalue weighted by Gasteiger charge is -2.14. The maximum Gasteiger partial charge on any atom is 0.259 e. The van der Waals surface area contributed by atoms with Crippen LogP contribution in [0.2, 0.25) is 5.02 Å². The van der Waals surface area contributed by atoms with Crippen molar-refractivity contribution in [1.29, 1.82) is 0 Å². The standard InChI is InChI=1S/C19H21ClN4O2.ClH/c1-12(8-9-26-3)22-19-21-11-13-10-15(14-6-4-5-7-16(14)20)18(25)24(2)17(13)23-19;/h4-7,10-12H,8-9H2,1-3H3,(H,21,22,23);1H. The predicted octanol–water partition coefficient (Wildman–Crippen LogP) is 3.91. The van der Waals surface area contributed by atoms with Crippen LogP contribution in [0.1, 0.15) is 13.3 Å². The van der Waals surface area contributed by atoms with E-state index >= 15 is 0 Å². The number of nitrogens with one attached hydrogen (secondary N) is 1. The minimum Gasteiger partial charge on any atom is -0.385 e. The van der Waals surface area contributed by atoms with E-state index in [2.05, 4.69) is 15.3 Å². The van der Waals surface area contributed by atoms with Crippen LogP contribution in [-0.4, -0.2) is 34.3 Å². The van der Waals surface area contributed by atoms with E-state index in [1.165, 1.54) is 4.57 Å². The molecule has 6 nitrogen and oxygen atoms in total. The Morgan fingerprint density at radius 3 is 2.74 bits per heavy atom. The average molecular weight is 409 g/mol. The van der Waals surface area contributed by atoms with Crippen molar-refractivity contribution in [2.24, 2.45) is 7.05 Å². The molecule has 8 heteroatoms. The first-order valence-corrected chi connectivity index (χ1v) is 8.76. The van der Waals surface area contributed by atoms with Crippen LogP contribution in [0.3, 0.4) is 0 Å². The first kappa shape index (κ1) is 21.2. The zero-order valence-electron chi connectivity index (χ0n) is 15.4. The van der Waals surface area contributed by atoms with Crippen LogP contribution in [0.15, 0.2) is 41.3 Å². The van der Waals surface area contributed by atoms with Crippen molar-refractivity contribution in [3.63, 3.8) is 0 Å². The SMILES string of the molecule is COCCC(C)Nc1ncc2cc(-c3ccccc3Cl)c(=O)n(C)c2n1.Cl. The van der Waals surface area contributed by atoms with Gasteiger partial charge in [0.1, 0.15) is 5.65 Å². The van der Waals surface area contributed by atoms with Gasteiger partial charge in [-0.05, 0) is 25.5 Å². The molecule has 0 saturated carbocycles. The molecule has 1 unspecified atom stereocenters. The quantitative estimate of drug-likeness (QED) is 0.669. The number of benzene rings is 1. The molecule has 1 N–H and O–H groups in total. The molecule has 27 heavy (non-hydrogen) atoms.